The Morgan fingerprint density at radius 1 is 1.09 bits per heavy atom. The molecular formula is C23H22N2O5S2. The molecular weight excluding hydrogens is 448 g/mol. The number of hydrogen-bond donors (Lipinski definition) is 2. The number of nitrogens with zero attached hydrogens (tertiary/aromatic N) is 1. The molecule has 2 aliphatic heterocycles. The van der Waals surface area contributed by atoms with Crippen LogP contribution in [0.3, 0.4) is 0 Å². The highest BCUT2D eigenvalue weighted by molar-refractivity contribution is 8.00. The monoisotopic (exact) mass is 470 g/mol. The number of amides is 2. The normalized spacial score (nSPS) is 34.5. The number of thioether (sulfide) groups is 1. The number of aliphatic carboxylic acids is 1. The molecule has 166 valence electrons. The molecule has 3 heterocycles. The molecule has 4 aliphatic rings. The van der Waals surface area contributed by atoms with Gasteiger partial charge in [0.05, 0.1) is 16.9 Å². The number of aromatic amines is 1. The minimum atomic E-state index is -0.919. The zero-order chi connectivity index (χ0) is 22.1. The van der Waals surface area contributed by atoms with E-state index in [0.29, 0.717) is 0 Å². The van der Waals surface area contributed by atoms with E-state index in [1.807, 2.05) is 18.2 Å². The first-order valence-electron chi connectivity index (χ1n) is 11.0. The predicted octanol–water partition coefficient (Wildman–Crippen LogP) is 2.77. The number of H-pyrrole nitrogens is 1. The molecule has 1 aromatic carbocycles. The fourth-order valence-electron chi connectivity index (χ4n) is 6.72. The highest BCUT2D eigenvalue weighted by Crippen LogP contribution is 2.68. The van der Waals surface area contributed by atoms with Gasteiger partial charge < -0.3 is 10.1 Å². The molecule has 2 bridgehead atoms. The molecule has 3 fully saturated rings. The van der Waals surface area contributed by atoms with Crippen LogP contribution in [-0.2, 0) is 14.4 Å². The average molecular weight is 471 g/mol. The maximum atomic E-state index is 13.3. The number of carbonyl (C=O) groups is 3. The molecule has 2 N–H and O–H groups in total. The molecule has 9 heteroatoms. The zero-order valence-electron chi connectivity index (χ0n) is 17.1. The Morgan fingerprint density at radius 3 is 2.53 bits per heavy atom. The van der Waals surface area contributed by atoms with E-state index in [1.165, 1.54) is 16.2 Å². The number of carboxylic acid groups (broad SMARTS) is 1. The van der Waals surface area contributed by atoms with Gasteiger partial charge in [0.25, 0.3) is 0 Å². The number of likely N-dealkylation sites (tertiary alicyclic amines) is 1. The minimum absolute atomic E-state index is 0.0429. The van der Waals surface area contributed by atoms with Gasteiger partial charge in [0.1, 0.15) is 0 Å². The van der Waals surface area contributed by atoms with E-state index in [9.17, 15) is 19.2 Å². The van der Waals surface area contributed by atoms with E-state index in [1.54, 1.807) is 11.8 Å². The van der Waals surface area contributed by atoms with Crippen molar-refractivity contribution < 1.29 is 19.5 Å². The summed E-state index contributed by atoms with van der Waals surface area (Å²) >= 11 is 2.94. The second-order valence-corrected chi connectivity index (χ2v) is 11.4. The van der Waals surface area contributed by atoms with Crippen LogP contribution < -0.4 is 4.87 Å². The van der Waals surface area contributed by atoms with Crippen molar-refractivity contribution in [2.24, 2.45) is 29.6 Å². The fourth-order valence-corrected chi connectivity index (χ4v) is 9.61. The molecule has 7 nitrogen and oxygen atoms in total. The van der Waals surface area contributed by atoms with Gasteiger partial charge in [0, 0.05) is 29.0 Å². The second-order valence-electron chi connectivity index (χ2n) is 9.20. The molecule has 6 rings (SSSR count). The van der Waals surface area contributed by atoms with Gasteiger partial charge in [0.15, 0.2) is 0 Å². The molecule has 2 aromatic rings. The number of thiazole rings is 1. The fraction of sp³-hybridized carbons (Fsp3) is 0.478. The number of carboxylic acids is 1. The summed E-state index contributed by atoms with van der Waals surface area (Å²) in [5.41, 5.74) is 1.15. The molecule has 32 heavy (non-hydrogen) atoms. The standard InChI is InChI=1S/C23H22N2O5S2/c26-13(27)7-4-8-25-21(28)16-11-9-12(17(16)22(25)29)18-15(11)14(10-5-2-1-3-6-10)19-20(31-18)24-23(30)32-19/h1-3,5-6,11-12,14-18H,4,7-9H2,(H,24,30)(H,26,27)/t11-,12-,14+,15-,16+,17-,18+/m1/s1. The molecule has 0 radical (unpaired) electrons. The van der Waals surface area contributed by atoms with Crippen LogP contribution in [0.1, 0.15) is 35.6 Å². The van der Waals surface area contributed by atoms with Crippen LogP contribution in [0.15, 0.2) is 40.2 Å². The van der Waals surface area contributed by atoms with E-state index >= 15 is 0 Å². The maximum absolute atomic E-state index is 13.3. The van der Waals surface area contributed by atoms with Crippen LogP contribution in [0.5, 0.6) is 0 Å². The third kappa shape index (κ3) is 2.80. The molecule has 2 saturated carbocycles. The number of fused-ring (bicyclic) bond motifs is 9. The topological polar surface area (TPSA) is 108 Å². The van der Waals surface area contributed by atoms with Crippen molar-refractivity contribution in [3.63, 3.8) is 0 Å². The first-order chi connectivity index (χ1) is 15.5. The largest absolute Gasteiger partial charge is 0.481 e. The first-order valence-corrected chi connectivity index (χ1v) is 12.7. The van der Waals surface area contributed by atoms with Crippen LogP contribution in [0.2, 0.25) is 0 Å². The summed E-state index contributed by atoms with van der Waals surface area (Å²) < 4.78 is 0. The SMILES string of the molecule is O=C(O)CCCN1C(=O)[C@@H]2[C@H]3C[C@@H]([C@@H]2C1=O)[C@@H]1[C@H](c2ccccc2)c2sc(=O)[nH]c2S[C@@H]31. The van der Waals surface area contributed by atoms with Gasteiger partial charge >= 0.3 is 10.8 Å². The number of aromatic nitrogens is 1. The van der Waals surface area contributed by atoms with Gasteiger partial charge in [-0.15, -0.1) is 11.8 Å². The average Bonchev–Trinajstić information content (AvgIpc) is 3.49. The van der Waals surface area contributed by atoms with Gasteiger partial charge in [-0.05, 0) is 36.2 Å². The van der Waals surface area contributed by atoms with Crippen molar-refractivity contribution in [2.75, 3.05) is 6.54 Å². The second kappa shape index (κ2) is 7.31. The Bertz CT molecular complexity index is 1170. The van der Waals surface area contributed by atoms with Gasteiger partial charge in [-0.25, -0.2) is 0 Å². The van der Waals surface area contributed by atoms with Crippen molar-refractivity contribution in [3.05, 3.63) is 50.4 Å². The summed E-state index contributed by atoms with van der Waals surface area (Å²) in [6.07, 6.45) is 1.10. The Kier molecular flexibility index (Phi) is 4.62. The summed E-state index contributed by atoms with van der Waals surface area (Å²) in [4.78, 5) is 55.0. The Balaban J connectivity index is 1.37. The zero-order valence-corrected chi connectivity index (χ0v) is 18.7. The first kappa shape index (κ1) is 20.2. The van der Waals surface area contributed by atoms with E-state index < -0.39 is 5.97 Å². The van der Waals surface area contributed by atoms with Gasteiger partial charge in [-0.2, -0.15) is 0 Å². The summed E-state index contributed by atoms with van der Waals surface area (Å²) in [5, 5.41) is 10.0. The lowest BCUT2D eigenvalue weighted by atomic mass is 9.68. The summed E-state index contributed by atoms with van der Waals surface area (Å²) in [6, 6.07) is 10.2. The molecule has 0 unspecified atom stereocenters. The quantitative estimate of drug-likeness (QED) is 0.651. The highest BCUT2D eigenvalue weighted by atomic mass is 32.2. The van der Waals surface area contributed by atoms with Crippen molar-refractivity contribution in [2.45, 2.75) is 35.5 Å². The third-order valence-electron chi connectivity index (χ3n) is 7.75. The lowest BCUT2D eigenvalue weighted by Crippen LogP contribution is -2.42. The predicted molar refractivity (Wildman–Crippen MR) is 119 cm³/mol. The summed E-state index contributed by atoms with van der Waals surface area (Å²) in [7, 11) is 0. The van der Waals surface area contributed by atoms with E-state index in [4.69, 9.17) is 5.11 Å². The molecule has 2 aliphatic carbocycles. The number of carbonyl (C=O) groups excluding carboxylic acids is 2. The van der Waals surface area contributed by atoms with Gasteiger partial charge in [-0.3, -0.25) is 24.1 Å². The Labute approximate surface area is 192 Å². The number of hydrogen-bond acceptors (Lipinski definition) is 6. The molecule has 1 saturated heterocycles. The number of rotatable bonds is 5. The van der Waals surface area contributed by atoms with Crippen LogP contribution in [-0.4, -0.2) is 44.6 Å². The van der Waals surface area contributed by atoms with Crippen molar-refractivity contribution >= 4 is 40.9 Å². The summed E-state index contributed by atoms with van der Waals surface area (Å²) in [6.45, 7) is 0.182. The maximum Gasteiger partial charge on any atom is 0.305 e. The van der Waals surface area contributed by atoms with Crippen molar-refractivity contribution in [1.82, 2.24) is 9.88 Å². The molecule has 1 aromatic heterocycles. The summed E-state index contributed by atoms with van der Waals surface area (Å²) in [5.74, 6) is -1.36. The molecule has 7 atom stereocenters. The van der Waals surface area contributed by atoms with E-state index in [2.05, 4.69) is 17.1 Å². The van der Waals surface area contributed by atoms with Crippen LogP contribution >= 0.6 is 23.1 Å². The Hall–Kier alpha value is -2.39. The van der Waals surface area contributed by atoms with Crippen LogP contribution in [0.4, 0.5) is 0 Å². The minimum Gasteiger partial charge on any atom is -0.481 e. The highest BCUT2D eigenvalue weighted by Gasteiger charge is 2.69. The smallest absolute Gasteiger partial charge is 0.305 e. The number of imide groups is 1. The van der Waals surface area contributed by atoms with E-state index in [0.717, 1.165) is 21.9 Å². The van der Waals surface area contributed by atoms with Crippen LogP contribution in [0, 0.1) is 29.6 Å². The van der Waals surface area contributed by atoms with Crippen molar-refractivity contribution in [3.8, 4) is 0 Å². The van der Waals surface area contributed by atoms with Crippen LogP contribution in [0.25, 0.3) is 0 Å². The lowest BCUT2D eigenvalue weighted by molar-refractivity contribution is -0.142. The molecule has 2 amide bonds. The third-order valence-corrected chi connectivity index (χ3v) is 10.3. The lowest BCUT2D eigenvalue weighted by Gasteiger charge is -2.43. The van der Waals surface area contributed by atoms with Gasteiger partial charge in [0.2, 0.25) is 11.8 Å². The Morgan fingerprint density at radius 2 is 1.81 bits per heavy atom. The van der Waals surface area contributed by atoms with Gasteiger partial charge in [-0.1, -0.05) is 41.7 Å². The molecule has 0 spiro atoms. The number of nitrogens with one attached hydrogen (secondary N) is 1. The van der Waals surface area contributed by atoms with E-state index in [-0.39, 0.29) is 76.8 Å². The van der Waals surface area contributed by atoms with Crippen molar-refractivity contribution in [1.29, 1.82) is 0 Å². The number of benzene rings is 1.